The summed E-state index contributed by atoms with van der Waals surface area (Å²) in [5, 5.41) is 3.16. The second-order valence-corrected chi connectivity index (χ2v) is 10.8. The van der Waals surface area contributed by atoms with Gasteiger partial charge in [0.1, 0.15) is 11.6 Å². The number of nitrogens with zero attached hydrogens (tertiary/aromatic N) is 4. The van der Waals surface area contributed by atoms with E-state index in [0.29, 0.717) is 34.9 Å². The molecule has 192 valence electrons. The van der Waals surface area contributed by atoms with E-state index in [1.54, 1.807) is 23.2 Å². The Morgan fingerprint density at radius 2 is 1.86 bits per heavy atom. The lowest BCUT2D eigenvalue weighted by atomic mass is 10.0. The predicted molar refractivity (Wildman–Crippen MR) is 141 cm³/mol. The highest BCUT2D eigenvalue weighted by molar-refractivity contribution is 7.23. The van der Waals surface area contributed by atoms with E-state index >= 15 is 0 Å². The summed E-state index contributed by atoms with van der Waals surface area (Å²) in [6, 6.07) is 10.2. The monoisotopic (exact) mass is 521 g/mol. The SMILES string of the molecule is CN1CCC(NC(=O)c2ccc3c(c2)sc2nc(-c4ccc(OC(=O)N5CCCC5)cc4F)cn23)CC1. The Hall–Kier alpha value is -3.50. The third-order valence-corrected chi connectivity index (χ3v) is 8.21. The number of ether oxygens (including phenoxy) is 1. The fraction of sp³-hybridized carbons (Fsp3) is 0.370. The van der Waals surface area contributed by atoms with E-state index in [4.69, 9.17) is 4.74 Å². The Morgan fingerprint density at radius 1 is 1.08 bits per heavy atom. The van der Waals surface area contributed by atoms with Gasteiger partial charge in [-0.3, -0.25) is 9.20 Å². The molecule has 0 radical (unpaired) electrons. The number of carbonyl (C=O) groups excluding carboxylic acids is 2. The van der Waals surface area contributed by atoms with Crippen LogP contribution in [0, 0.1) is 5.82 Å². The molecule has 8 nitrogen and oxygen atoms in total. The van der Waals surface area contributed by atoms with E-state index in [-0.39, 0.29) is 17.7 Å². The quantitative estimate of drug-likeness (QED) is 0.418. The molecular formula is C27H28FN5O3S. The van der Waals surface area contributed by atoms with Gasteiger partial charge in [0.05, 0.1) is 15.9 Å². The number of fused-ring (bicyclic) bond motifs is 3. The van der Waals surface area contributed by atoms with Gasteiger partial charge in [-0.05, 0) is 76.2 Å². The molecule has 0 atom stereocenters. The molecule has 1 N–H and O–H groups in total. The minimum Gasteiger partial charge on any atom is -0.410 e. The van der Waals surface area contributed by atoms with Crippen molar-refractivity contribution in [3.05, 3.63) is 54.0 Å². The highest BCUT2D eigenvalue weighted by Crippen LogP contribution is 2.32. The van der Waals surface area contributed by atoms with Gasteiger partial charge in [0.15, 0.2) is 4.96 Å². The smallest absolute Gasteiger partial charge is 0.410 e. The van der Waals surface area contributed by atoms with Crippen molar-refractivity contribution in [3.8, 4) is 17.0 Å². The number of thiazole rings is 1. The van der Waals surface area contributed by atoms with Crippen LogP contribution in [-0.2, 0) is 0 Å². The summed E-state index contributed by atoms with van der Waals surface area (Å²) in [5.74, 6) is -0.388. The molecule has 2 aromatic carbocycles. The minimum absolute atomic E-state index is 0.0595. The number of rotatable bonds is 4. The van der Waals surface area contributed by atoms with Crippen molar-refractivity contribution >= 4 is 38.5 Å². The molecule has 6 rings (SSSR count). The average Bonchev–Trinajstić information content (AvgIpc) is 3.62. The molecule has 0 bridgehead atoms. The van der Waals surface area contributed by atoms with Crippen LogP contribution in [0.2, 0.25) is 0 Å². The second kappa shape index (κ2) is 9.75. The molecular weight excluding hydrogens is 493 g/mol. The summed E-state index contributed by atoms with van der Waals surface area (Å²) in [7, 11) is 2.10. The van der Waals surface area contributed by atoms with Crippen LogP contribution in [-0.4, -0.2) is 70.5 Å². The minimum atomic E-state index is -0.505. The number of carbonyl (C=O) groups is 2. The molecule has 2 aliphatic rings. The highest BCUT2D eigenvalue weighted by atomic mass is 32.1. The lowest BCUT2D eigenvalue weighted by molar-refractivity contribution is 0.0917. The molecule has 37 heavy (non-hydrogen) atoms. The first-order chi connectivity index (χ1) is 17.9. The molecule has 0 saturated carbocycles. The maximum absolute atomic E-state index is 15.0. The molecule has 2 aromatic heterocycles. The van der Waals surface area contributed by atoms with Crippen LogP contribution in [0.5, 0.6) is 5.75 Å². The second-order valence-electron chi connectivity index (χ2n) is 9.82. The number of imidazole rings is 1. The van der Waals surface area contributed by atoms with Crippen molar-refractivity contribution < 1.29 is 18.7 Å². The Morgan fingerprint density at radius 3 is 2.62 bits per heavy atom. The van der Waals surface area contributed by atoms with Crippen molar-refractivity contribution in [1.82, 2.24) is 24.5 Å². The van der Waals surface area contributed by atoms with E-state index in [0.717, 1.165) is 49.0 Å². The lowest BCUT2D eigenvalue weighted by Crippen LogP contribution is -2.43. The van der Waals surface area contributed by atoms with Crippen LogP contribution in [0.1, 0.15) is 36.0 Å². The van der Waals surface area contributed by atoms with Crippen molar-refractivity contribution in [2.75, 3.05) is 33.2 Å². The largest absolute Gasteiger partial charge is 0.415 e. The van der Waals surface area contributed by atoms with Gasteiger partial charge in [-0.25, -0.2) is 14.2 Å². The fourth-order valence-corrected chi connectivity index (χ4v) is 6.07. The number of hydrogen-bond acceptors (Lipinski definition) is 6. The Labute approximate surface area is 217 Å². The van der Waals surface area contributed by atoms with Crippen LogP contribution < -0.4 is 10.1 Å². The number of halogens is 1. The molecule has 0 unspecified atom stereocenters. The van der Waals surface area contributed by atoms with E-state index < -0.39 is 11.9 Å². The number of benzene rings is 2. The van der Waals surface area contributed by atoms with Gasteiger partial charge in [-0.1, -0.05) is 11.3 Å². The van der Waals surface area contributed by atoms with Gasteiger partial charge in [-0.15, -0.1) is 0 Å². The first-order valence-corrected chi connectivity index (χ1v) is 13.4. The van der Waals surface area contributed by atoms with Crippen LogP contribution in [0.15, 0.2) is 42.6 Å². The van der Waals surface area contributed by atoms with Crippen LogP contribution in [0.3, 0.4) is 0 Å². The van der Waals surface area contributed by atoms with Crippen molar-refractivity contribution in [1.29, 1.82) is 0 Å². The summed E-state index contributed by atoms with van der Waals surface area (Å²) >= 11 is 1.45. The van der Waals surface area contributed by atoms with Crippen LogP contribution >= 0.6 is 11.3 Å². The fourth-order valence-electron chi connectivity index (χ4n) is 5.03. The predicted octanol–water partition coefficient (Wildman–Crippen LogP) is 4.77. The van der Waals surface area contributed by atoms with Gasteiger partial charge in [0, 0.05) is 42.5 Å². The van der Waals surface area contributed by atoms with Crippen molar-refractivity contribution in [2.24, 2.45) is 0 Å². The summed E-state index contributed by atoms with van der Waals surface area (Å²) < 4.78 is 23.2. The van der Waals surface area contributed by atoms with Crippen molar-refractivity contribution in [3.63, 3.8) is 0 Å². The van der Waals surface area contributed by atoms with Crippen molar-refractivity contribution in [2.45, 2.75) is 31.7 Å². The van der Waals surface area contributed by atoms with E-state index in [1.807, 2.05) is 22.6 Å². The molecule has 10 heteroatoms. The molecule has 4 aromatic rings. The number of piperidine rings is 1. The van der Waals surface area contributed by atoms with Gasteiger partial charge in [0.2, 0.25) is 0 Å². The Bertz CT molecular complexity index is 1480. The van der Waals surface area contributed by atoms with Gasteiger partial charge < -0.3 is 19.9 Å². The Kier molecular flexibility index (Phi) is 6.29. The standard InChI is InChI=1S/C27H28FN5O3S/c1-31-12-8-18(9-13-31)29-25(34)17-4-7-23-24(14-17)37-26-30-22(16-33(23)26)20-6-5-19(15-21(20)28)36-27(35)32-10-2-3-11-32/h4-7,14-16,18H,2-3,8-13H2,1H3,(H,29,34). The molecule has 4 heterocycles. The van der Waals surface area contributed by atoms with E-state index in [9.17, 15) is 14.0 Å². The maximum Gasteiger partial charge on any atom is 0.415 e. The number of amides is 2. The number of likely N-dealkylation sites (tertiary alicyclic amines) is 2. The third-order valence-electron chi connectivity index (χ3n) is 7.20. The zero-order valence-electron chi connectivity index (χ0n) is 20.6. The summed E-state index contributed by atoms with van der Waals surface area (Å²) in [5.41, 5.74) is 2.36. The zero-order valence-corrected chi connectivity index (χ0v) is 21.4. The molecule has 2 saturated heterocycles. The number of nitrogens with one attached hydrogen (secondary N) is 1. The Balaban J connectivity index is 1.19. The zero-order chi connectivity index (χ0) is 25.5. The summed E-state index contributed by atoms with van der Waals surface area (Å²) in [6.45, 7) is 3.32. The first kappa shape index (κ1) is 23.9. The summed E-state index contributed by atoms with van der Waals surface area (Å²) in [6.07, 6.45) is 5.18. The average molecular weight is 522 g/mol. The molecule has 2 aliphatic heterocycles. The van der Waals surface area contributed by atoms with Gasteiger partial charge in [0.25, 0.3) is 5.91 Å². The molecule has 0 spiro atoms. The molecule has 2 amide bonds. The lowest BCUT2D eigenvalue weighted by Gasteiger charge is -2.29. The van der Waals surface area contributed by atoms with Crippen LogP contribution in [0.25, 0.3) is 26.4 Å². The van der Waals surface area contributed by atoms with E-state index in [1.165, 1.54) is 17.4 Å². The van der Waals surface area contributed by atoms with E-state index in [2.05, 4.69) is 22.2 Å². The molecule has 2 fully saturated rings. The maximum atomic E-state index is 15.0. The normalized spacial score (nSPS) is 17.1. The van der Waals surface area contributed by atoms with Gasteiger partial charge in [-0.2, -0.15) is 0 Å². The van der Waals surface area contributed by atoms with Gasteiger partial charge >= 0.3 is 6.09 Å². The third kappa shape index (κ3) is 4.78. The number of aromatic nitrogens is 2. The topological polar surface area (TPSA) is 79.2 Å². The van der Waals surface area contributed by atoms with Crippen LogP contribution in [0.4, 0.5) is 9.18 Å². The summed E-state index contributed by atoms with van der Waals surface area (Å²) in [4.78, 5) is 34.3. The number of hydrogen-bond donors (Lipinski definition) is 1. The highest BCUT2D eigenvalue weighted by Gasteiger charge is 2.22. The first-order valence-electron chi connectivity index (χ1n) is 12.6. The molecule has 0 aliphatic carbocycles.